The minimum atomic E-state index is -0.114. The van der Waals surface area contributed by atoms with Gasteiger partial charge in [0.25, 0.3) is 0 Å². The summed E-state index contributed by atoms with van der Waals surface area (Å²) in [5.74, 6) is 1.92. The van der Waals surface area contributed by atoms with Gasteiger partial charge in [0.15, 0.2) is 5.78 Å². The highest BCUT2D eigenvalue weighted by molar-refractivity contribution is 6.34. The third-order valence-electron chi connectivity index (χ3n) is 5.63. The maximum absolute atomic E-state index is 13.1. The van der Waals surface area contributed by atoms with Crippen LogP contribution in [-0.4, -0.2) is 34.4 Å². The first-order chi connectivity index (χ1) is 13.4. The van der Waals surface area contributed by atoms with E-state index in [9.17, 15) is 4.79 Å². The number of aryl methyl sites for hydroxylation is 1. The Morgan fingerprint density at radius 3 is 2.75 bits per heavy atom. The largest absolute Gasteiger partial charge is 0.496 e. The number of aromatic nitrogens is 3. The lowest BCUT2D eigenvalue weighted by atomic mass is 9.89. The number of ketones is 1. The van der Waals surface area contributed by atoms with E-state index in [0.29, 0.717) is 30.4 Å². The second-order valence-electron chi connectivity index (χ2n) is 7.74. The van der Waals surface area contributed by atoms with Crippen molar-refractivity contribution in [3.8, 4) is 5.75 Å². The normalized spacial score (nSPS) is 18.9. The summed E-state index contributed by atoms with van der Waals surface area (Å²) in [5.41, 5.74) is 9.04. The molecule has 1 atom stereocenters. The summed E-state index contributed by atoms with van der Waals surface area (Å²) in [6, 6.07) is 0. The predicted molar refractivity (Wildman–Crippen MR) is 108 cm³/mol. The standard InChI is InChI=1S/C20H24ClN5O2/c1-10-7-23-14(11(2)17(10)28-3)9-26-8-13(6-12-4-5-12)16(27)15-18(21)24-20(22)25-19(15)26/h7,12-13H,4-6,8-9H2,1-3H3,(H2,22,24,25). The van der Waals surface area contributed by atoms with Crippen molar-refractivity contribution < 1.29 is 9.53 Å². The van der Waals surface area contributed by atoms with Crippen LogP contribution in [0.2, 0.25) is 5.15 Å². The number of carbonyl (C=O) groups is 1. The molecule has 1 aliphatic heterocycles. The topological polar surface area (TPSA) is 94.2 Å². The van der Waals surface area contributed by atoms with Crippen molar-refractivity contribution in [3.63, 3.8) is 0 Å². The van der Waals surface area contributed by atoms with E-state index < -0.39 is 0 Å². The number of anilines is 2. The van der Waals surface area contributed by atoms with Crippen LogP contribution in [0.4, 0.5) is 11.8 Å². The summed E-state index contributed by atoms with van der Waals surface area (Å²) in [6.45, 7) is 5.03. The fourth-order valence-corrected chi connectivity index (χ4v) is 4.27. The molecule has 4 rings (SSSR count). The smallest absolute Gasteiger partial charge is 0.223 e. The molecule has 0 aromatic carbocycles. The van der Waals surface area contributed by atoms with E-state index in [2.05, 4.69) is 19.9 Å². The van der Waals surface area contributed by atoms with E-state index in [4.69, 9.17) is 22.1 Å². The quantitative estimate of drug-likeness (QED) is 0.767. The number of nitrogens with two attached hydrogens (primary N) is 1. The number of fused-ring (bicyclic) bond motifs is 1. The van der Waals surface area contributed by atoms with E-state index in [0.717, 1.165) is 29.0 Å². The summed E-state index contributed by atoms with van der Waals surface area (Å²) >= 11 is 6.31. The average Bonchev–Trinajstić information content (AvgIpc) is 3.45. The average molecular weight is 402 g/mol. The van der Waals surface area contributed by atoms with Crippen LogP contribution in [0.3, 0.4) is 0 Å². The lowest BCUT2D eigenvalue weighted by Gasteiger charge is -2.34. The van der Waals surface area contributed by atoms with Gasteiger partial charge in [-0.3, -0.25) is 9.78 Å². The summed E-state index contributed by atoms with van der Waals surface area (Å²) < 4.78 is 5.53. The molecular weight excluding hydrogens is 378 g/mol. The first-order valence-corrected chi connectivity index (χ1v) is 9.88. The van der Waals surface area contributed by atoms with Gasteiger partial charge in [-0.05, 0) is 26.2 Å². The maximum Gasteiger partial charge on any atom is 0.223 e. The Bertz CT molecular complexity index is 945. The molecule has 2 aliphatic rings. The molecule has 1 fully saturated rings. The van der Waals surface area contributed by atoms with Crippen LogP contribution in [-0.2, 0) is 6.54 Å². The Morgan fingerprint density at radius 1 is 1.32 bits per heavy atom. The zero-order valence-corrected chi connectivity index (χ0v) is 17.1. The van der Waals surface area contributed by atoms with Gasteiger partial charge in [-0.15, -0.1) is 0 Å². The third kappa shape index (κ3) is 3.39. The van der Waals surface area contributed by atoms with E-state index in [1.165, 1.54) is 12.8 Å². The molecule has 2 aromatic heterocycles. The van der Waals surface area contributed by atoms with Gasteiger partial charge in [-0.2, -0.15) is 4.98 Å². The van der Waals surface area contributed by atoms with Crippen LogP contribution < -0.4 is 15.4 Å². The molecule has 1 aliphatic carbocycles. The molecule has 148 valence electrons. The number of nitrogens with zero attached hydrogens (tertiary/aromatic N) is 4. The van der Waals surface area contributed by atoms with Crippen LogP contribution in [0, 0.1) is 25.7 Å². The highest BCUT2D eigenvalue weighted by atomic mass is 35.5. The number of Topliss-reactive ketones (excluding diaryl/α,β-unsaturated/α-hetero) is 1. The molecule has 0 spiro atoms. The molecule has 1 saturated carbocycles. The van der Waals surface area contributed by atoms with E-state index in [1.807, 2.05) is 13.8 Å². The fraction of sp³-hybridized carbons (Fsp3) is 0.500. The van der Waals surface area contributed by atoms with Crippen molar-refractivity contribution in [2.45, 2.75) is 39.7 Å². The Balaban J connectivity index is 1.74. The van der Waals surface area contributed by atoms with Gasteiger partial charge in [0.2, 0.25) is 5.95 Å². The van der Waals surface area contributed by atoms with Crippen molar-refractivity contribution in [3.05, 3.63) is 33.7 Å². The molecule has 0 amide bonds. The number of halogens is 1. The molecule has 0 saturated heterocycles. The number of carbonyl (C=O) groups excluding carboxylic acids is 1. The van der Waals surface area contributed by atoms with Crippen molar-refractivity contribution in [2.75, 3.05) is 24.3 Å². The lowest BCUT2D eigenvalue weighted by Crippen LogP contribution is -2.40. The monoisotopic (exact) mass is 401 g/mol. The maximum atomic E-state index is 13.1. The summed E-state index contributed by atoms with van der Waals surface area (Å²) in [5, 5.41) is 0.129. The first-order valence-electron chi connectivity index (χ1n) is 9.50. The second kappa shape index (κ2) is 7.20. The molecule has 2 aromatic rings. The fourth-order valence-electron chi connectivity index (χ4n) is 4.01. The molecular formula is C20H24ClN5O2. The number of methoxy groups -OCH3 is 1. The highest BCUT2D eigenvalue weighted by Crippen LogP contribution is 2.41. The van der Waals surface area contributed by atoms with Gasteiger partial charge in [-0.1, -0.05) is 24.4 Å². The number of nitrogen functional groups attached to an aromatic ring is 1. The second-order valence-corrected chi connectivity index (χ2v) is 8.10. The van der Waals surface area contributed by atoms with Crippen LogP contribution in [0.15, 0.2) is 6.20 Å². The van der Waals surface area contributed by atoms with Gasteiger partial charge < -0.3 is 15.4 Å². The summed E-state index contributed by atoms with van der Waals surface area (Å²) in [6.07, 6.45) is 5.07. The van der Waals surface area contributed by atoms with Crippen LogP contribution in [0.5, 0.6) is 5.75 Å². The van der Waals surface area contributed by atoms with Gasteiger partial charge >= 0.3 is 0 Å². The Kier molecular flexibility index (Phi) is 4.87. The number of rotatable bonds is 5. The molecule has 3 heterocycles. The van der Waals surface area contributed by atoms with Crippen molar-refractivity contribution in [2.24, 2.45) is 11.8 Å². The molecule has 8 heteroatoms. The predicted octanol–water partition coefficient (Wildman–Crippen LogP) is 3.35. The minimum Gasteiger partial charge on any atom is -0.496 e. The Morgan fingerprint density at radius 2 is 2.07 bits per heavy atom. The zero-order chi connectivity index (χ0) is 20.0. The van der Waals surface area contributed by atoms with Crippen molar-refractivity contribution >= 4 is 29.2 Å². The van der Waals surface area contributed by atoms with Crippen LogP contribution in [0.1, 0.15) is 46.4 Å². The molecule has 7 nitrogen and oxygen atoms in total. The molecule has 28 heavy (non-hydrogen) atoms. The first kappa shape index (κ1) is 18.9. The number of hydrogen-bond donors (Lipinski definition) is 1. The lowest BCUT2D eigenvalue weighted by molar-refractivity contribution is 0.0903. The van der Waals surface area contributed by atoms with Gasteiger partial charge in [0.05, 0.1) is 24.9 Å². The van der Waals surface area contributed by atoms with Crippen molar-refractivity contribution in [1.29, 1.82) is 0 Å². The Hall–Kier alpha value is -2.41. The van der Waals surface area contributed by atoms with Crippen molar-refractivity contribution in [1.82, 2.24) is 15.0 Å². The number of ether oxygens (including phenoxy) is 1. The van der Waals surface area contributed by atoms with E-state index >= 15 is 0 Å². The van der Waals surface area contributed by atoms with E-state index in [1.54, 1.807) is 13.3 Å². The highest BCUT2D eigenvalue weighted by Gasteiger charge is 2.39. The van der Waals surface area contributed by atoms with Gasteiger partial charge in [-0.25, -0.2) is 4.98 Å². The zero-order valence-electron chi connectivity index (χ0n) is 16.3. The number of hydrogen-bond acceptors (Lipinski definition) is 7. The number of pyridine rings is 1. The third-order valence-corrected chi connectivity index (χ3v) is 5.90. The minimum absolute atomic E-state index is 0.0225. The summed E-state index contributed by atoms with van der Waals surface area (Å²) in [4.78, 5) is 28.1. The molecule has 2 N–H and O–H groups in total. The van der Waals surface area contributed by atoms with E-state index in [-0.39, 0.29) is 22.8 Å². The molecule has 1 unspecified atom stereocenters. The van der Waals surface area contributed by atoms with Crippen LogP contribution in [0.25, 0.3) is 0 Å². The summed E-state index contributed by atoms with van der Waals surface area (Å²) in [7, 11) is 1.66. The molecule has 0 radical (unpaired) electrons. The molecule has 0 bridgehead atoms. The van der Waals surface area contributed by atoms with Crippen LogP contribution >= 0.6 is 11.6 Å². The Labute approximate surface area is 169 Å². The van der Waals surface area contributed by atoms with Gasteiger partial charge in [0, 0.05) is 29.8 Å². The SMILES string of the molecule is COc1c(C)cnc(CN2CC(CC3CC3)C(=O)c3c(Cl)nc(N)nc32)c1C. The van der Waals surface area contributed by atoms with Gasteiger partial charge in [0.1, 0.15) is 16.7 Å².